The number of halogens is 1. The highest BCUT2D eigenvalue weighted by molar-refractivity contribution is 6.32. The van der Waals surface area contributed by atoms with Gasteiger partial charge in [0.2, 0.25) is 5.95 Å². The number of nitrogens with one attached hydrogen (secondary N) is 2. The van der Waals surface area contributed by atoms with E-state index in [1.807, 2.05) is 49.4 Å². The molecule has 1 aliphatic heterocycles. The number of aryl methyl sites for hydroxylation is 1. The van der Waals surface area contributed by atoms with Crippen LogP contribution in [-0.2, 0) is 0 Å². The zero-order valence-electron chi connectivity index (χ0n) is 9.87. The zero-order valence-corrected chi connectivity index (χ0v) is 10.6. The van der Waals surface area contributed by atoms with Gasteiger partial charge in [-0.25, -0.2) is 4.98 Å². The number of hydrogen-bond acceptors (Lipinski definition) is 2. The molecule has 0 fully saturated rings. The Bertz CT molecular complexity index is 660. The van der Waals surface area contributed by atoms with Crippen molar-refractivity contribution in [2.45, 2.75) is 6.92 Å². The average Bonchev–Trinajstić information content (AvgIpc) is 2.81. The fourth-order valence-corrected chi connectivity index (χ4v) is 2.16. The highest BCUT2D eigenvalue weighted by Gasteiger charge is 2.10. The van der Waals surface area contributed by atoms with Crippen molar-refractivity contribution in [2.75, 3.05) is 5.32 Å². The molecule has 0 atom stereocenters. The minimum Gasteiger partial charge on any atom is -0.325 e. The van der Waals surface area contributed by atoms with Crippen LogP contribution in [0.3, 0.4) is 0 Å². The normalized spacial score (nSPS) is 10.8. The van der Waals surface area contributed by atoms with Crippen LogP contribution in [0.1, 0.15) is 5.56 Å². The molecule has 2 aliphatic rings. The lowest BCUT2D eigenvalue weighted by Crippen LogP contribution is -2.00. The van der Waals surface area contributed by atoms with Crippen molar-refractivity contribution in [2.24, 2.45) is 0 Å². The third-order valence-electron chi connectivity index (χ3n) is 2.89. The van der Waals surface area contributed by atoms with Crippen LogP contribution in [0.15, 0.2) is 42.5 Å². The molecule has 0 aromatic heterocycles. The molecule has 1 heterocycles. The van der Waals surface area contributed by atoms with Crippen LogP contribution in [0.2, 0.25) is 5.15 Å². The van der Waals surface area contributed by atoms with Gasteiger partial charge in [0, 0.05) is 11.3 Å². The maximum Gasteiger partial charge on any atom is 0.206 e. The first-order valence-electron chi connectivity index (χ1n) is 5.71. The molecule has 18 heavy (non-hydrogen) atoms. The van der Waals surface area contributed by atoms with Crippen LogP contribution in [0, 0.1) is 6.92 Å². The standard InChI is InChI=1S/C14H12ClN3/c1-9-5-2-3-7-11(9)16-14-17-12-8-4-6-10(12)13(15)18-14/h2-8H,1H3,(H2,16,17,18). The minimum absolute atomic E-state index is 0.598. The highest BCUT2D eigenvalue weighted by atomic mass is 35.5. The van der Waals surface area contributed by atoms with Gasteiger partial charge < -0.3 is 10.3 Å². The smallest absolute Gasteiger partial charge is 0.206 e. The van der Waals surface area contributed by atoms with E-state index in [9.17, 15) is 0 Å². The molecule has 3 nitrogen and oxygen atoms in total. The number of H-pyrrole nitrogens is 1. The molecule has 1 aromatic carbocycles. The molecular weight excluding hydrogens is 246 g/mol. The topological polar surface area (TPSA) is 40.7 Å². The summed E-state index contributed by atoms with van der Waals surface area (Å²) in [5.74, 6) is 0.646. The monoisotopic (exact) mass is 257 g/mol. The van der Waals surface area contributed by atoms with Crippen LogP contribution >= 0.6 is 11.6 Å². The molecule has 1 aliphatic carbocycles. The Labute approximate surface area is 110 Å². The molecule has 0 saturated carbocycles. The second kappa shape index (κ2) is 4.35. The number of fused-ring (bicyclic) bond motifs is 1. The van der Waals surface area contributed by atoms with E-state index in [4.69, 9.17) is 11.6 Å². The number of aromatic amines is 1. The molecule has 4 heteroatoms. The van der Waals surface area contributed by atoms with Crippen molar-refractivity contribution in [1.29, 1.82) is 0 Å². The molecule has 2 N–H and O–H groups in total. The van der Waals surface area contributed by atoms with Crippen molar-refractivity contribution >= 4 is 23.2 Å². The van der Waals surface area contributed by atoms with E-state index in [1.165, 1.54) is 0 Å². The summed E-state index contributed by atoms with van der Waals surface area (Å²) < 4.78 is 0. The fourth-order valence-electron chi connectivity index (χ4n) is 1.91. The third-order valence-corrected chi connectivity index (χ3v) is 3.19. The average molecular weight is 258 g/mol. The summed E-state index contributed by atoms with van der Waals surface area (Å²) in [6, 6.07) is 13.9. The lowest BCUT2D eigenvalue weighted by molar-refractivity contribution is 1.17. The summed E-state index contributed by atoms with van der Waals surface area (Å²) in [5.41, 5.74) is 4.00. The van der Waals surface area contributed by atoms with Gasteiger partial charge >= 0.3 is 0 Å². The lowest BCUT2D eigenvalue weighted by atomic mass is 10.2. The van der Waals surface area contributed by atoms with Gasteiger partial charge in [-0.1, -0.05) is 35.9 Å². The van der Waals surface area contributed by atoms with Crippen LogP contribution in [-0.4, -0.2) is 9.97 Å². The zero-order chi connectivity index (χ0) is 12.5. The van der Waals surface area contributed by atoms with Gasteiger partial charge in [0.05, 0.1) is 5.69 Å². The largest absolute Gasteiger partial charge is 0.325 e. The summed E-state index contributed by atoms with van der Waals surface area (Å²) in [5, 5.41) is 3.84. The van der Waals surface area contributed by atoms with Crippen molar-refractivity contribution in [3.8, 4) is 11.3 Å². The molecule has 0 saturated heterocycles. The summed E-state index contributed by atoms with van der Waals surface area (Å²) in [6.45, 7) is 2.05. The van der Waals surface area contributed by atoms with Gasteiger partial charge in [-0.15, -0.1) is 0 Å². The summed E-state index contributed by atoms with van der Waals surface area (Å²) >= 11 is 6.17. The molecule has 0 unspecified atom stereocenters. The molecule has 90 valence electrons. The molecule has 0 amide bonds. The molecule has 0 radical (unpaired) electrons. The maximum atomic E-state index is 6.17. The van der Waals surface area contributed by atoms with E-state index >= 15 is 0 Å². The SMILES string of the molecule is Cc1ccccc1Nc1nc2cccc-2c(Cl)[nH]1. The summed E-state index contributed by atoms with van der Waals surface area (Å²) in [7, 11) is 0. The van der Waals surface area contributed by atoms with E-state index < -0.39 is 0 Å². The van der Waals surface area contributed by atoms with Gasteiger partial charge in [0.15, 0.2) is 0 Å². The molecule has 3 rings (SSSR count). The first-order valence-corrected chi connectivity index (χ1v) is 6.09. The van der Waals surface area contributed by atoms with Crippen LogP contribution < -0.4 is 5.32 Å². The second-order valence-corrected chi connectivity index (χ2v) is 4.54. The second-order valence-electron chi connectivity index (χ2n) is 4.16. The van der Waals surface area contributed by atoms with Crippen LogP contribution in [0.25, 0.3) is 11.3 Å². The van der Waals surface area contributed by atoms with E-state index in [0.717, 1.165) is 22.5 Å². The number of aromatic nitrogens is 2. The Balaban J connectivity index is 2.01. The summed E-state index contributed by atoms with van der Waals surface area (Å²) in [4.78, 5) is 7.54. The van der Waals surface area contributed by atoms with E-state index in [-0.39, 0.29) is 0 Å². The van der Waals surface area contributed by atoms with Gasteiger partial charge in [-0.2, -0.15) is 0 Å². The quantitative estimate of drug-likeness (QED) is 0.675. The Morgan fingerprint density at radius 2 is 1.94 bits per heavy atom. The van der Waals surface area contributed by atoms with Crippen molar-refractivity contribution in [3.05, 3.63) is 53.2 Å². The predicted octanol–water partition coefficient (Wildman–Crippen LogP) is 4.22. The Morgan fingerprint density at radius 3 is 2.78 bits per heavy atom. The number of nitrogens with zero attached hydrogens (tertiary/aromatic N) is 1. The van der Waals surface area contributed by atoms with E-state index in [0.29, 0.717) is 11.1 Å². The number of para-hydroxylation sites is 1. The van der Waals surface area contributed by atoms with Crippen LogP contribution in [0.4, 0.5) is 11.6 Å². The Hall–Kier alpha value is -2.00. The Kier molecular flexibility index (Phi) is 2.68. The first kappa shape index (κ1) is 11.1. The van der Waals surface area contributed by atoms with Gasteiger partial charge in [-0.3, -0.25) is 0 Å². The Morgan fingerprint density at radius 1 is 1.11 bits per heavy atom. The van der Waals surface area contributed by atoms with Crippen molar-refractivity contribution < 1.29 is 0 Å². The minimum atomic E-state index is 0.598. The number of benzene rings is 1. The summed E-state index contributed by atoms with van der Waals surface area (Å²) in [6.07, 6.45) is 0. The fraction of sp³-hybridized carbons (Fsp3) is 0.0714. The van der Waals surface area contributed by atoms with Crippen LogP contribution in [0.5, 0.6) is 0 Å². The van der Waals surface area contributed by atoms with Gasteiger partial charge in [0.1, 0.15) is 5.15 Å². The van der Waals surface area contributed by atoms with Crippen molar-refractivity contribution in [1.82, 2.24) is 9.97 Å². The number of anilines is 2. The number of hydrogen-bond donors (Lipinski definition) is 2. The molecular formula is C14H12ClN3. The van der Waals surface area contributed by atoms with E-state index in [1.54, 1.807) is 0 Å². The van der Waals surface area contributed by atoms with Gasteiger partial charge in [-0.05, 0) is 30.7 Å². The molecule has 0 spiro atoms. The highest BCUT2D eigenvalue weighted by Crippen LogP contribution is 2.29. The molecule has 1 aromatic rings. The third kappa shape index (κ3) is 1.93. The maximum absolute atomic E-state index is 6.17. The van der Waals surface area contributed by atoms with Gasteiger partial charge in [0.25, 0.3) is 0 Å². The van der Waals surface area contributed by atoms with Crippen molar-refractivity contribution in [3.63, 3.8) is 0 Å². The first-order chi connectivity index (χ1) is 8.74. The lowest BCUT2D eigenvalue weighted by Gasteiger charge is -2.11. The molecule has 0 bridgehead atoms. The number of rotatable bonds is 2. The van der Waals surface area contributed by atoms with E-state index in [2.05, 4.69) is 15.3 Å². The predicted molar refractivity (Wildman–Crippen MR) is 74.7 cm³/mol.